The van der Waals surface area contributed by atoms with E-state index < -0.39 is 54.0 Å². The molecule has 3 unspecified atom stereocenters. The van der Waals surface area contributed by atoms with Gasteiger partial charge in [-0.2, -0.15) is 0 Å². The third-order valence-electron chi connectivity index (χ3n) is 5.78. The number of primary amides is 1. The molecule has 0 radical (unpaired) electrons. The molecule has 1 aromatic carbocycles. The predicted octanol–water partition coefficient (Wildman–Crippen LogP) is 2.76. The number of amides is 1. The molecule has 3 N–H and O–H groups in total. The third kappa shape index (κ3) is 6.42. The molecule has 9 nitrogen and oxygen atoms in total. The predicted molar refractivity (Wildman–Crippen MR) is 122 cm³/mol. The highest BCUT2D eigenvalue weighted by atomic mass is 31.1. The number of aliphatic hydroxyl groups is 1. The van der Waals surface area contributed by atoms with Gasteiger partial charge in [0.25, 0.3) is 0 Å². The summed E-state index contributed by atoms with van der Waals surface area (Å²) in [5.41, 5.74) is 6.04. The lowest BCUT2D eigenvalue weighted by Crippen LogP contribution is -2.40. The van der Waals surface area contributed by atoms with Crippen LogP contribution in [0.15, 0.2) is 42.2 Å². The minimum absolute atomic E-state index is 0.129. The number of nitrogens with two attached hydrogens (primary N) is 1. The first kappa shape index (κ1) is 26.1. The summed E-state index contributed by atoms with van der Waals surface area (Å²) in [7, 11) is -0.344. The van der Waals surface area contributed by atoms with Crippen LogP contribution in [0.2, 0.25) is 0 Å². The maximum Gasteiger partial charge on any atom is 0.246 e. The highest BCUT2D eigenvalue weighted by Gasteiger charge is 2.56. The zero-order valence-corrected chi connectivity index (χ0v) is 20.4. The Labute approximate surface area is 203 Å². The smallest absolute Gasteiger partial charge is 0.246 e. The summed E-state index contributed by atoms with van der Waals surface area (Å²) in [5.74, 6) is -2.80. The van der Waals surface area contributed by atoms with Crippen LogP contribution in [-0.4, -0.2) is 59.5 Å². The van der Waals surface area contributed by atoms with Crippen molar-refractivity contribution in [3.8, 4) is 0 Å². The minimum atomic E-state index is -1.06. The molecule has 35 heavy (non-hydrogen) atoms. The SMILES string of the molecule is CC1(C)O[C@@H]2[C@H](O1)C(COPOCCC(O)c1cc(F)cc(F)c1)O[C@H]2N1C=CCC(C(N)=O)=C1. The fourth-order valence-electron chi connectivity index (χ4n) is 4.24. The van der Waals surface area contributed by atoms with Crippen molar-refractivity contribution in [2.45, 2.75) is 63.1 Å². The molecule has 3 aliphatic rings. The second-order valence-electron chi connectivity index (χ2n) is 8.93. The normalized spacial score (nSPS) is 28.5. The number of carbonyl (C=O) groups is 1. The van der Waals surface area contributed by atoms with E-state index in [9.17, 15) is 18.7 Å². The molecule has 0 aromatic heterocycles. The molecular weight excluding hydrogens is 485 g/mol. The Bertz CT molecular complexity index is 972. The van der Waals surface area contributed by atoms with Gasteiger partial charge in [-0.3, -0.25) is 4.79 Å². The van der Waals surface area contributed by atoms with Crippen LogP contribution in [0.5, 0.6) is 0 Å². The summed E-state index contributed by atoms with van der Waals surface area (Å²) in [6.07, 6.45) is 3.02. The molecule has 1 aromatic rings. The minimum Gasteiger partial charge on any atom is -0.388 e. The van der Waals surface area contributed by atoms with Crippen LogP contribution in [0.1, 0.15) is 38.4 Å². The van der Waals surface area contributed by atoms with E-state index in [1.165, 1.54) is 0 Å². The topological polar surface area (TPSA) is 113 Å². The molecule has 0 bridgehead atoms. The second kappa shape index (κ2) is 11.0. The Morgan fingerprint density at radius 3 is 2.69 bits per heavy atom. The lowest BCUT2D eigenvalue weighted by molar-refractivity contribution is -0.201. The molecule has 12 heteroatoms. The number of ether oxygens (including phenoxy) is 3. The summed E-state index contributed by atoms with van der Waals surface area (Å²) >= 11 is 0. The maximum atomic E-state index is 13.3. The zero-order chi connectivity index (χ0) is 25.2. The van der Waals surface area contributed by atoms with Gasteiger partial charge in [0.1, 0.15) is 29.9 Å². The van der Waals surface area contributed by atoms with Gasteiger partial charge in [0.05, 0.1) is 19.3 Å². The molecule has 1 amide bonds. The van der Waals surface area contributed by atoms with Crippen molar-refractivity contribution in [3.63, 3.8) is 0 Å². The van der Waals surface area contributed by atoms with Crippen molar-refractivity contribution in [1.29, 1.82) is 0 Å². The van der Waals surface area contributed by atoms with Gasteiger partial charge >= 0.3 is 0 Å². The number of hydrogen-bond donors (Lipinski definition) is 2. The summed E-state index contributed by atoms with van der Waals surface area (Å²) in [6.45, 7) is 3.93. The number of fused-ring (bicyclic) bond motifs is 1. The quantitative estimate of drug-likeness (QED) is 0.362. The summed E-state index contributed by atoms with van der Waals surface area (Å²) in [5, 5.41) is 10.1. The number of hydrogen-bond acceptors (Lipinski definition) is 8. The monoisotopic (exact) mass is 514 g/mol. The first-order valence-electron chi connectivity index (χ1n) is 11.2. The first-order valence-corrected chi connectivity index (χ1v) is 12.0. The van der Waals surface area contributed by atoms with E-state index in [1.807, 2.05) is 26.1 Å². The number of carbonyl (C=O) groups excluding carboxylic acids is 1. The average molecular weight is 514 g/mol. The highest BCUT2D eigenvalue weighted by molar-refractivity contribution is 7.26. The number of aliphatic hydroxyl groups excluding tert-OH is 1. The van der Waals surface area contributed by atoms with E-state index in [2.05, 4.69) is 0 Å². The van der Waals surface area contributed by atoms with Crippen LogP contribution in [0, 0.1) is 11.6 Å². The van der Waals surface area contributed by atoms with Crippen LogP contribution < -0.4 is 5.73 Å². The highest BCUT2D eigenvalue weighted by Crippen LogP contribution is 2.41. The van der Waals surface area contributed by atoms with Crippen molar-refractivity contribution in [2.24, 2.45) is 5.73 Å². The molecule has 3 aliphatic heterocycles. The fraction of sp³-hybridized carbons (Fsp3) is 0.522. The van der Waals surface area contributed by atoms with Gasteiger partial charge in [-0.05, 0) is 38.0 Å². The molecular formula is C23H29F2N2O7P. The zero-order valence-electron chi connectivity index (χ0n) is 19.4. The largest absolute Gasteiger partial charge is 0.388 e. The number of nitrogens with zero attached hydrogens (tertiary/aromatic N) is 1. The Morgan fingerprint density at radius 2 is 1.97 bits per heavy atom. The van der Waals surface area contributed by atoms with Crippen LogP contribution in [0.3, 0.4) is 0 Å². The van der Waals surface area contributed by atoms with E-state index in [1.54, 1.807) is 11.1 Å². The lowest BCUT2D eigenvalue weighted by Gasteiger charge is -2.31. The third-order valence-corrected chi connectivity index (χ3v) is 6.39. The average Bonchev–Trinajstić information content (AvgIpc) is 3.28. The number of rotatable bonds is 10. The molecule has 2 fully saturated rings. The summed E-state index contributed by atoms with van der Waals surface area (Å²) < 4.78 is 55.9. The molecule has 4 rings (SSSR count). The molecule has 3 heterocycles. The molecule has 2 saturated heterocycles. The molecule has 6 atom stereocenters. The number of benzene rings is 1. The Hall–Kier alpha value is -1.98. The van der Waals surface area contributed by atoms with E-state index in [-0.39, 0.29) is 34.2 Å². The van der Waals surface area contributed by atoms with Gasteiger partial charge in [-0.1, -0.05) is 6.08 Å². The van der Waals surface area contributed by atoms with Crippen molar-refractivity contribution in [1.82, 2.24) is 4.90 Å². The number of halogens is 2. The van der Waals surface area contributed by atoms with Crippen molar-refractivity contribution in [3.05, 3.63) is 59.4 Å². The molecule has 192 valence electrons. The van der Waals surface area contributed by atoms with Crippen LogP contribution in [-0.2, 0) is 28.1 Å². The number of allylic oxidation sites excluding steroid dienone is 1. The van der Waals surface area contributed by atoms with Gasteiger partial charge in [0.2, 0.25) is 5.91 Å². The first-order chi connectivity index (χ1) is 16.6. The van der Waals surface area contributed by atoms with E-state index in [4.69, 9.17) is 29.0 Å². The van der Waals surface area contributed by atoms with Gasteiger partial charge in [0, 0.05) is 30.5 Å². The van der Waals surface area contributed by atoms with E-state index in [0.717, 1.165) is 18.2 Å². The Kier molecular flexibility index (Phi) is 8.17. The lowest BCUT2D eigenvalue weighted by atomic mass is 10.1. The molecule has 0 aliphatic carbocycles. The van der Waals surface area contributed by atoms with Crippen LogP contribution in [0.4, 0.5) is 8.78 Å². The maximum absolute atomic E-state index is 13.3. The van der Waals surface area contributed by atoms with Crippen molar-refractivity contribution in [2.75, 3.05) is 13.2 Å². The molecule has 0 saturated carbocycles. The van der Waals surface area contributed by atoms with Crippen LogP contribution in [0.25, 0.3) is 0 Å². The summed E-state index contributed by atoms with van der Waals surface area (Å²) in [4.78, 5) is 13.4. The van der Waals surface area contributed by atoms with Gasteiger partial charge in [-0.15, -0.1) is 0 Å². The van der Waals surface area contributed by atoms with Crippen LogP contribution >= 0.6 is 9.03 Å². The van der Waals surface area contributed by atoms with Crippen molar-refractivity contribution < 1.29 is 41.9 Å². The second-order valence-corrected chi connectivity index (χ2v) is 9.68. The summed E-state index contributed by atoms with van der Waals surface area (Å²) in [6, 6.07) is 2.92. The standard InChI is InChI=1S/C23H29F2N2O7P/c1-23(2)33-19-18(32-22(20(19)34-23)27-6-3-4-13(11-27)21(26)29)12-31-35-30-7-5-17(28)14-8-15(24)10-16(25)9-14/h3,6,8-11,17-20,22,28,35H,4-5,7,12H2,1-2H3,(H2,26,29)/t17?,18?,19-,20-,22-/m1/s1. The van der Waals surface area contributed by atoms with Gasteiger partial charge in [0.15, 0.2) is 21.0 Å². The fourth-order valence-corrected chi connectivity index (χ4v) is 4.75. The van der Waals surface area contributed by atoms with Gasteiger partial charge < -0.3 is 39.0 Å². The Morgan fingerprint density at radius 1 is 1.26 bits per heavy atom. The van der Waals surface area contributed by atoms with E-state index >= 15 is 0 Å². The molecule has 0 spiro atoms. The Balaban J connectivity index is 1.26. The van der Waals surface area contributed by atoms with E-state index in [0.29, 0.717) is 12.0 Å². The van der Waals surface area contributed by atoms with Crippen molar-refractivity contribution >= 4 is 14.9 Å². The van der Waals surface area contributed by atoms with Gasteiger partial charge in [-0.25, -0.2) is 8.78 Å².